The van der Waals surface area contributed by atoms with Gasteiger partial charge in [-0.1, -0.05) is 12.1 Å². The van der Waals surface area contributed by atoms with Crippen molar-refractivity contribution >= 4 is 5.91 Å². The summed E-state index contributed by atoms with van der Waals surface area (Å²) in [6.07, 6.45) is -1.85. The fraction of sp³-hybridized carbons (Fsp3) is 0.632. The summed E-state index contributed by atoms with van der Waals surface area (Å²) >= 11 is 0. The maximum atomic E-state index is 12.7. The van der Waals surface area contributed by atoms with E-state index < -0.39 is 17.8 Å². The van der Waals surface area contributed by atoms with Crippen LogP contribution in [0.2, 0.25) is 0 Å². The summed E-state index contributed by atoms with van der Waals surface area (Å²) < 4.78 is 43.6. The van der Waals surface area contributed by atoms with Gasteiger partial charge in [-0.25, -0.2) is 5.01 Å². The van der Waals surface area contributed by atoms with Crippen LogP contribution in [0.15, 0.2) is 24.3 Å². The Labute approximate surface area is 166 Å². The van der Waals surface area contributed by atoms with Crippen LogP contribution in [0.3, 0.4) is 0 Å². The van der Waals surface area contributed by atoms with Crippen molar-refractivity contribution in [3.8, 4) is 0 Å². The number of benzene rings is 1. The lowest BCUT2D eigenvalue weighted by Gasteiger charge is -2.17. The van der Waals surface area contributed by atoms with E-state index >= 15 is 0 Å². The normalized spacial score (nSPS) is 30.7. The van der Waals surface area contributed by atoms with Crippen LogP contribution >= 0.6 is 0 Å². The van der Waals surface area contributed by atoms with Gasteiger partial charge in [0.15, 0.2) is 0 Å². The molecule has 1 aromatic carbocycles. The van der Waals surface area contributed by atoms with Crippen LogP contribution in [-0.4, -0.2) is 54.9 Å². The highest BCUT2D eigenvalue weighted by atomic mass is 19.4. The molecule has 3 aliphatic heterocycles. The number of nitrogens with zero attached hydrogens (tertiary/aromatic N) is 1. The Bertz CT molecular complexity index is 710. The molecular weight excluding hydrogens is 389 g/mol. The summed E-state index contributed by atoms with van der Waals surface area (Å²) in [7, 11) is 0. The van der Waals surface area contributed by atoms with Gasteiger partial charge in [-0.15, -0.1) is 0 Å². The first kappa shape index (κ1) is 20.5. The fourth-order valence-electron chi connectivity index (χ4n) is 3.95. The molecule has 4 atom stereocenters. The Hall–Kier alpha value is -1.72. The summed E-state index contributed by atoms with van der Waals surface area (Å²) in [6.45, 7) is 2.32. The zero-order chi connectivity index (χ0) is 20.4. The molecule has 3 aliphatic rings. The van der Waals surface area contributed by atoms with Crippen molar-refractivity contribution in [1.82, 2.24) is 21.2 Å². The van der Waals surface area contributed by atoms with Crippen LogP contribution in [0.1, 0.15) is 30.4 Å². The monoisotopic (exact) mass is 414 g/mol. The van der Waals surface area contributed by atoms with E-state index in [0.29, 0.717) is 26.1 Å². The van der Waals surface area contributed by atoms with Gasteiger partial charge in [0.2, 0.25) is 5.91 Å². The first-order chi connectivity index (χ1) is 13.9. The quantitative estimate of drug-likeness (QED) is 0.676. The molecule has 0 aromatic heterocycles. The highest BCUT2D eigenvalue weighted by Crippen LogP contribution is 2.29. The number of ether oxygens (including phenoxy) is 1. The van der Waals surface area contributed by atoms with E-state index in [1.54, 1.807) is 0 Å². The maximum Gasteiger partial charge on any atom is 0.416 e. The molecule has 0 radical (unpaired) electrons. The second-order valence-electron chi connectivity index (χ2n) is 7.76. The van der Waals surface area contributed by atoms with Crippen LogP contribution < -0.4 is 16.2 Å². The van der Waals surface area contributed by atoms with E-state index in [9.17, 15) is 18.0 Å². The van der Waals surface area contributed by atoms with Crippen LogP contribution in [0.4, 0.5) is 13.2 Å². The van der Waals surface area contributed by atoms with Gasteiger partial charge in [-0.3, -0.25) is 15.1 Å². The molecule has 1 amide bonds. The van der Waals surface area contributed by atoms with Crippen molar-refractivity contribution in [1.29, 1.82) is 0 Å². The van der Waals surface area contributed by atoms with Crippen LogP contribution in [0.25, 0.3) is 0 Å². The van der Waals surface area contributed by atoms with Crippen LogP contribution in [0, 0.1) is 0 Å². The number of halogens is 3. The molecule has 3 saturated heterocycles. The lowest BCUT2D eigenvalue weighted by Crippen LogP contribution is -2.47. The SMILES string of the molecule is O=C(NC1CNN(Cc2ccc(C(F)(F)F)cc2)C1)C1CC(C2CCCO2)ON1. The Kier molecular flexibility index (Phi) is 6.07. The highest BCUT2D eigenvalue weighted by Gasteiger charge is 2.38. The van der Waals surface area contributed by atoms with Gasteiger partial charge in [0.25, 0.3) is 0 Å². The number of rotatable bonds is 5. The number of nitrogens with one attached hydrogen (secondary N) is 3. The fourth-order valence-corrected chi connectivity index (χ4v) is 3.95. The molecule has 7 nitrogen and oxygen atoms in total. The topological polar surface area (TPSA) is 74.9 Å². The van der Waals surface area contributed by atoms with Gasteiger partial charge in [-0.2, -0.15) is 18.7 Å². The Morgan fingerprint density at radius 2 is 2.03 bits per heavy atom. The summed E-state index contributed by atoms with van der Waals surface area (Å²) in [5, 5.41) is 4.89. The van der Waals surface area contributed by atoms with Crippen molar-refractivity contribution in [3.05, 3.63) is 35.4 Å². The molecular formula is C19H25F3N4O3. The van der Waals surface area contributed by atoms with Crippen molar-refractivity contribution in [2.24, 2.45) is 0 Å². The third-order valence-electron chi connectivity index (χ3n) is 5.53. The molecule has 0 saturated carbocycles. The number of amides is 1. The third-order valence-corrected chi connectivity index (χ3v) is 5.53. The molecule has 160 valence electrons. The minimum absolute atomic E-state index is 0.0488. The molecule has 3 heterocycles. The first-order valence-electron chi connectivity index (χ1n) is 9.86. The first-order valence-corrected chi connectivity index (χ1v) is 9.86. The van der Waals surface area contributed by atoms with Gasteiger partial charge in [0.1, 0.15) is 12.1 Å². The maximum absolute atomic E-state index is 12.7. The summed E-state index contributed by atoms with van der Waals surface area (Å²) in [5.74, 6) is -0.117. The van der Waals surface area contributed by atoms with Gasteiger partial charge in [-0.05, 0) is 30.5 Å². The highest BCUT2D eigenvalue weighted by molar-refractivity contribution is 5.82. The molecule has 4 unspecified atom stereocenters. The molecule has 0 bridgehead atoms. The smallest absolute Gasteiger partial charge is 0.375 e. The average molecular weight is 414 g/mol. The summed E-state index contributed by atoms with van der Waals surface area (Å²) in [5.41, 5.74) is 6.09. The molecule has 0 aliphatic carbocycles. The number of alkyl halides is 3. The van der Waals surface area contributed by atoms with Gasteiger partial charge in [0.05, 0.1) is 17.7 Å². The molecule has 3 fully saturated rings. The van der Waals surface area contributed by atoms with Crippen molar-refractivity contribution in [2.75, 3.05) is 19.7 Å². The minimum Gasteiger partial charge on any atom is -0.375 e. The second kappa shape index (κ2) is 8.57. The van der Waals surface area contributed by atoms with E-state index in [1.165, 1.54) is 12.1 Å². The number of carbonyl (C=O) groups is 1. The van der Waals surface area contributed by atoms with Crippen molar-refractivity contribution < 1.29 is 27.5 Å². The Morgan fingerprint density at radius 3 is 2.72 bits per heavy atom. The van der Waals surface area contributed by atoms with Gasteiger partial charge in [0, 0.05) is 32.7 Å². The van der Waals surface area contributed by atoms with Crippen molar-refractivity contribution in [2.45, 2.75) is 56.3 Å². The zero-order valence-corrected chi connectivity index (χ0v) is 15.9. The number of hydrazine groups is 1. The molecule has 0 spiro atoms. The molecule has 4 rings (SSSR count). The van der Waals surface area contributed by atoms with Crippen LogP contribution in [0.5, 0.6) is 0 Å². The Balaban J connectivity index is 1.22. The van der Waals surface area contributed by atoms with E-state index in [4.69, 9.17) is 9.57 Å². The van der Waals surface area contributed by atoms with E-state index in [2.05, 4.69) is 16.2 Å². The molecule has 3 N–H and O–H groups in total. The predicted molar refractivity (Wildman–Crippen MR) is 97.2 cm³/mol. The molecule has 10 heteroatoms. The zero-order valence-electron chi connectivity index (χ0n) is 15.9. The Morgan fingerprint density at radius 1 is 1.24 bits per heavy atom. The largest absolute Gasteiger partial charge is 0.416 e. The predicted octanol–water partition coefficient (Wildman–Crippen LogP) is 1.35. The van der Waals surface area contributed by atoms with Gasteiger partial charge >= 0.3 is 6.18 Å². The molecule has 1 aromatic rings. The number of carbonyl (C=O) groups excluding carboxylic acids is 1. The molecule has 29 heavy (non-hydrogen) atoms. The number of hydrogen-bond donors (Lipinski definition) is 3. The summed E-state index contributed by atoms with van der Waals surface area (Å²) in [6, 6.07) is 4.62. The van der Waals surface area contributed by atoms with E-state index in [0.717, 1.165) is 37.1 Å². The lowest BCUT2D eigenvalue weighted by atomic mass is 10.0. The van der Waals surface area contributed by atoms with Gasteiger partial charge < -0.3 is 10.1 Å². The number of hydrogen-bond acceptors (Lipinski definition) is 6. The average Bonchev–Trinajstić information content (AvgIpc) is 3.43. The van der Waals surface area contributed by atoms with Crippen molar-refractivity contribution in [3.63, 3.8) is 0 Å². The number of hydroxylamine groups is 1. The summed E-state index contributed by atoms with van der Waals surface area (Å²) in [4.78, 5) is 18.0. The van der Waals surface area contributed by atoms with E-state index in [1.807, 2.05) is 5.01 Å². The van der Waals surface area contributed by atoms with Crippen LogP contribution in [-0.2, 0) is 27.1 Å². The lowest BCUT2D eigenvalue weighted by molar-refractivity contribution is -0.137. The van der Waals surface area contributed by atoms with E-state index in [-0.39, 0.29) is 24.2 Å². The second-order valence-corrected chi connectivity index (χ2v) is 7.76. The standard InChI is InChI=1S/C19H25F3N4O3/c20-19(21,22)13-5-3-12(4-6-13)10-26-11-14(9-23-26)24-18(27)15-8-17(29-25-15)16-2-1-7-28-16/h3-6,14-17,23,25H,1-2,7-11H2,(H,24,27). The third kappa shape index (κ3) is 5.07. The minimum atomic E-state index is -4.33.